The predicted molar refractivity (Wildman–Crippen MR) is 68.0 cm³/mol. The first-order valence-electron chi connectivity index (χ1n) is 6.52. The topological polar surface area (TPSA) is 41.3 Å². The van der Waals surface area contributed by atoms with E-state index in [1.54, 1.807) is 0 Å². The summed E-state index contributed by atoms with van der Waals surface area (Å²) in [4.78, 5) is 2.56. The third-order valence-electron chi connectivity index (χ3n) is 3.73. The summed E-state index contributed by atoms with van der Waals surface area (Å²) in [5, 5.41) is 7.33. The summed E-state index contributed by atoms with van der Waals surface area (Å²) >= 11 is 0. The van der Waals surface area contributed by atoms with Crippen molar-refractivity contribution >= 4 is 0 Å². The number of hydrogen-bond acceptors (Lipinski definition) is 4. The van der Waals surface area contributed by atoms with Crippen LogP contribution in [0.3, 0.4) is 0 Å². The fourth-order valence-electron chi connectivity index (χ4n) is 2.67. The van der Waals surface area contributed by atoms with Crippen LogP contribution in [-0.4, -0.2) is 36.2 Å². The first kappa shape index (κ1) is 12.6. The molecule has 1 saturated heterocycles. The molecule has 0 amide bonds. The molecule has 2 heterocycles. The second kappa shape index (κ2) is 5.65. The Hall–Kier alpha value is -0.870. The van der Waals surface area contributed by atoms with Gasteiger partial charge in [0.15, 0.2) is 0 Å². The molecule has 4 nitrogen and oxygen atoms in total. The molecular formula is C13H23N3O. The van der Waals surface area contributed by atoms with Crippen LogP contribution in [0.1, 0.15) is 36.3 Å². The Labute approximate surface area is 103 Å². The molecule has 1 unspecified atom stereocenters. The van der Waals surface area contributed by atoms with Crippen LogP contribution in [0.5, 0.6) is 0 Å². The maximum absolute atomic E-state index is 5.24. The molecule has 0 bridgehead atoms. The molecule has 1 atom stereocenters. The maximum atomic E-state index is 5.24. The van der Waals surface area contributed by atoms with E-state index in [9.17, 15) is 0 Å². The van der Waals surface area contributed by atoms with Gasteiger partial charge in [-0.1, -0.05) is 11.6 Å². The average molecular weight is 237 g/mol. The molecule has 0 saturated carbocycles. The lowest BCUT2D eigenvalue weighted by Gasteiger charge is -2.35. The summed E-state index contributed by atoms with van der Waals surface area (Å²) in [5.74, 6) is 0.969. The van der Waals surface area contributed by atoms with E-state index in [-0.39, 0.29) is 0 Å². The molecule has 4 heteroatoms. The molecule has 17 heavy (non-hydrogen) atoms. The molecule has 0 aliphatic carbocycles. The van der Waals surface area contributed by atoms with E-state index in [2.05, 4.69) is 15.4 Å². The Morgan fingerprint density at radius 1 is 1.41 bits per heavy atom. The normalized spacial score (nSPS) is 21.9. The first-order valence-corrected chi connectivity index (χ1v) is 6.52. The number of likely N-dealkylation sites (N-methyl/N-ethyl adjacent to an activating group) is 1. The Kier molecular flexibility index (Phi) is 4.18. The predicted octanol–water partition coefficient (Wildman–Crippen LogP) is 1.87. The van der Waals surface area contributed by atoms with Crippen molar-refractivity contribution in [3.63, 3.8) is 0 Å². The van der Waals surface area contributed by atoms with Gasteiger partial charge in [0, 0.05) is 24.7 Å². The number of aryl methyl sites for hydroxylation is 2. The van der Waals surface area contributed by atoms with Crippen molar-refractivity contribution in [2.45, 2.75) is 45.7 Å². The molecule has 1 N–H and O–H groups in total. The molecule has 2 rings (SSSR count). The maximum Gasteiger partial charge on any atom is 0.138 e. The third kappa shape index (κ3) is 2.87. The largest absolute Gasteiger partial charge is 0.361 e. The van der Waals surface area contributed by atoms with Gasteiger partial charge in [-0.2, -0.15) is 0 Å². The van der Waals surface area contributed by atoms with E-state index in [1.807, 2.05) is 20.9 Å². The van der Waals surface area contributed by atoms with Crippen molar-refractivity contribution in [3.8, 4) is 0 Å². The van der Waals surface area contributed by atoms with Crippen LogP contribution in [-0.2, 0) is 6.54 Å². The van der Waals surface area contributed by atoms with E-state index in [4.69, 9.17) is 4.52 Å². The molecular weight excluding hydrogens is 214 g/mol. The van der Waals surface area contributed by atoms with Gasteiger partial charge in [-0.3, -0.25) is 4.90 Å². The highest BCUT2D eigenvalue weighted by Gasteiger charge is 2.23. The third-order valence-corrected chi connectivity index (χ3v) is 3.73. The lowest BCUT2D eigenvalue weighted by atomic mass is 10.0. The fraction of sp³-hybridized carbons (Fsp3) is 0.769. The Morgan fingerprint density at radius 3 is 2.88 bits per heavy atom. The molecule has 1 aliphatic rings. The van der Waals surface area contributed by atoms with Gasteiger partial charge in [0.1, 0.15) is 5.76 Å². The summed E-state index contributed by atoms with van der Waals surface area (Å²) in [7, 11) is 2.03. The van der Waals surface area contributed by atoms with Crippen LogP contribution in [0.2, 0.25) is 0 Å². The highest BCUT2D eigenvalue weighted by atomic mass is 16.5. The zero-order valence-electron chi connectivity index (χ0n) is 11.1. The average Bonchev–Trinajstić information content (AvgIpc) is 2.64. The standard InChI is InChI=1S/C13H23N3O/c1-10-13(11(2)17-15-10)9-16-7-5-4-6-12(16)8-14-3/h12,14H,4-9H2,1-3H3. The van der Waals surface area contributed by atoms with Gasteiger partial charge in [-0.05, 0) is 40.3 Å². The lowest BCUT2D eigenvalue weighted by molar-refractivity contribution is 0.138. The minimum atomic E-state index is 0.655. The lowest BCUT2D eigenvalue weighted by Crippen LogP contribution is -2.44. The highest BCUT2D eigenvalue weighted by molar-refractivity contribution is 5.20. The number of nitrogens with one attached hydrogen (secondary N) is 1. The summed E-state index contributed by atoms with van der Waals surface area (Å²) in [6.07, 6.45) is 3.96. The molecule has 1 aromatic rings. The smallest absolute Gasteiger partial charge is 0.138 e. The van der Waals surface area contributed by atoms with Crippen molar-refractivity contribution in [2.24, 2.45) is 0 Å². The summed E-state index contributed by atoms with van der Waals surface area (Å²) < 4.78 is 5.24. The van der Waals surface area contributed by atoms with E-state index in [1.165, 1.54) is 31.4 Å². The van der Waals surface area contributed by atoms with Gasteiger partial charge < -0.3 is 9.84 Å². The Bertz CT molecular complexity index is 340. The monoisotopic (exact) mass is 237 g/mol. The second-order valence-electron chi connectivity index (χ2n) is 4.98. The molecule has 0 aromatic carbocycles. The van der Waals surface area contributed by atoms with Crippen LogP contribution in [0.25, 0.3) is 0 Å². The van der Waals surface area contributed by atoms with Crippen molar-refractivity contribution < 1.29 is 4.52 Å². The van der Waals surface area contributed by atoms with Crippen LogP contribution in [0, 0.1) is 13.8 Å². The molecule has 1 aromatic heterocycles. The van der Waals surface area contributed by atoms with Gasteiger partial charge in [-0.25, -0.2) is 0 Å². The van der Waals surface area contributed by atoms with Gasteiger partial charge in [0.05, 0.1) is 5.69 Å². The molecule has 1 aliphatic heterocycles. The molecule has 0 spiro atoms. The number of nitrogens with zero attached hydrogens (tertiary/aromatic N) is 2. The van der Waals surface area contributed by atoms with E-state index in [0.717, 1.165) is 24.5 Å². The summed E-state index contributed by atoms with van der Waals surface area (Å²) in [6, 6.07) is 0.655. The van der Waals surface area contributed by atoms with E-state index >= 15 is 0 Å². The molecule has 1 fully saturated rings. The molecule has 96 valence electrons. The van der Waals surface area contributed by atoms with Crippen LogP contribution in [0.15, 0.2) is 4.52 Å². The van der Waals surface area contributed by atoms with Gasteiger partial charge in [0.25, 0.3) is 0 Å². The van der Waals surface area contributed by atoms with Crippen molar-refractivity contribution in [3.05, 3.63) is 17.0 Å². The van der Waals surface area contributed by atoms with Crippen molar-refractivity contribution in [1.29, 1.82) is 0 Å². The number of hydrogen-bond donors (Lipinski definition) is 1. The number of piperidine rings is 1. The van der Waals surface area contributed by atoms with Crippen LogP contribution < -0.4 is 5.32 Å². The number of likely N-dealkylation sites (tertiary alicyclic amines) is 1. The van der Waals surface area contributed by atoms with Crippen LogP contribution in [0.4, 0.5) is 0 Å². The van der Waals surface area contributed by atoms with Gasteiger partial charge >= 0.3 is 0 Å². The van der Waals surface area contributed by atoms with Gasteiger partial charge in [-0.15, -0.1) is 0 Å². The number of rotatable bonds is 4. The van der Waals surface area contributed by atoms with Gasteiger partial charge in [0.2, 0.25) is 0 Å². The zero-order valence-corrected chi connectivity index (χ0v) is 11.1. The Morgan fingerprint density at radius 2 is 2.24 bits per heavy atom. The second-order valence-corrected chi connectivity index (χ2v) is 4.98. The van der Waals surface area contributed by atoms with Crippen LogP contribution >= 0.6 is 0 Å². The van der Waals surface area contributed by atoms with E-state index in [0.29, 0.717) is 6.04 Å². The molecule has 0 radical (unpaired) electrons. The SMILES string of the molecule is CNCC1CCCCN1Cc1c(C)noc1C. The van der Waals surface area contributed by atoms with E-state index < -0.39 is 0 Å². The highest BCUT2D eigenvalue weighted by Crippen LogP contribution is 2.22. The summed E-state index contributed by atoms with van der Waals surface area (Å²) in [6.45, 7) is 7.28. The van der Waals surface area contributed by atoms with Crippen molar-refractivity contribution in [1.82, 2.24) is 15.4 Å². The minimum Gasteiger partial charge on any atom is -0.361 e. The fourth-order valence-corrected chi connectivity index (χ4v) is 2.67. The minimum absolute atomic E-state index is 0.655. The van der Waals surface area contributed by atoms with Crippen molar-refractivity contribution in [2.75, 3.05) is 20.1 Å². The quantitative estimate of drug-likeness (QED) is 0.868. The Balaban J connectivity index is 2.05. The number of aromatic nitrogens is 1. The first-order chi connectivity index (χ1) is 8.22. The summed E-state index contributed by atoms with van der Waals surface area (Å²) in [5.41, 5.74) is 2.31. The zero-order chi connectivity index (χ0) is 12.3.